The lowest BCUT2D eigenvalue weighted by atomic mass is 10.2. The lowest BCUT2D eigenvalue weighted by Crippen LogP contribution is -2.20. The summed E-state index contributed by atoms with van der Waals surface area (Å²) in [4.78, 5) is 10.5. The highest BCUT2D eigenvalue weighted by atomic mass is 79.9. The highest BCUT2D eigenvalue weighted by molar-refractivity contribution is 9.10. The van der Waals surface area contributed by atoms with Gasteiger partial charge in [0.25, 0.3) is 5.91 Å². The van der Waals surface area contributed by atoms with Crippen LogP contribution in [0.1, 0.15) is 5.56 Å². The molecule has 0 aliphatic rings. The van der Waals surface area contributed by atoms with Crippen molar-refractivity contribution in [2.75, 3.05) is 13.7 Å². The lowest BCUT2D eigenvalue weighted by molar-refractivity contribution is -0.119. The molecular formula is C10H13BrN2O2. The number of ether oxygens (including phenoxy) is 1. The first-order valence-corrected chi connectivity index (χ1v) is 5.27. The zero-order chi connectivity index (χ0) is 11.3. The molecule has 0 spiro atoms. The van der Waals surface area contributed by atoms with Crippen LogP contribution in [0.15, 0.2) is 22.7 Å². The van der Waals surface area contributed by atoms with Crippen molar-refractivity contribution in [3.8, 4) is 5.75 Å². The Labute approximate surface area is 96.9 Å². The minimum Gasteiger partial charge on any atom is -0.483 e. The number of primary amides is 1. The van der Waals surface area contributed by atoms with E-state index in [4.69, 9.17) is 10.5 Å². The molecule has 1 aromatic rings. The largest absolute Gasteiger partial charge is 0.483 e. The van der Waals surface area contributed by atoms with Crippen molar-refractivity contribution in [3.63, 3.8) is 0 Å². The van der Waals surface area contributed by atoms with Crippen LogP contribution in [0, 0.1) is 0 Å². The van der Waals surface area contributed by atoms with Gasteiger partial charge < -0.3 is 15.8 Å². The van der Waals surface area contributed by atoms with Crippen molar-refractivity contribution >= 4 is 21.8 Å². The van der Waals surface area contributed by atoms with E-state index in [2.05, 4.69) is 21.2 Å². The molecule has 0 aliphatic carbocycles. The van der Waals surface area contributed by atoms with E-state index < -0.39 is 5.91 Å². The monoisotopic (exact) mass is 272 g/mol. The first kappa shape index (κ1) is 12.0. The van der Waals surface area contributed by atoms with Crippen LogP contribution in [0.2, 0.25) is 0 Å². The molecule has 5 heteroatoms. The van der Waals surface area contributed by atoms with Crippen molar-refractivity contribution in [3.05, 3.63) is 28.2 Å². The van der Waals surface area contributed by atoms with Crippen LogP contribution in [0.4, 0.5) is 0 Å². The molecule has 0 saturated heterocycles. The maximum absolute atomic E-state index is 10.5. The van der Waals surface area contributed by atoms with Gasteiger partial charge in [0.2, 0.25) is 0 Å². The van der Waals surface area contributed by atoms with Gasteiger partial charge in [-0.25, -0.2) is 0 Å². The Morgan fingerprint density at radius 3 is 2.87 bits per heavy atom. The van der Waals surface area contributed by atoms with Gasteiger partial charge in [-0.2, -0.15) is 0 Å². The second-order valence-electron chi connectivity index (χ2n) is 3.05. The molecule has 15 heavy (non-hydrogen) atoms. The van der Waals surface area contributed by atoms with Crippen molar-refractivity contribution in [1.29, 1.82) is 0 Å². The maximum Gasteiger partial charge on any atom is 0.255 e. The molecular weight excluding hydrogens is 260 g/mol. The Morgan fingerprint density at radius 1 is 1.60 bits per heavy atom. The van der Waals surface area contributed by atoms with Crippen LogP contribution < -0.4 is 15.8 Å². The fourth-order valence-corrected chi connectivity index (χ4v) is 1.67. The molecule has 0 unspecified atom stereocenters. The van der Waals surface area contributed by atoms with E-state index in [1.807, 2.05) is 19.2 Å². The van der Waals surface area contributed by atoms with Crippen LogP contribution in [0.5, 0.6) is 5.75 Å². The number of nitrogens with two attached hydrogens (primary N) is 1. The number of nitrogens with one attached hydrogen (secondary N) is 1. The number of amides is 1. The number of carbonyl (C=O) groups excluding carboxylic acids is 1. The van der Waals surface area contributed by atoms with Crippen molar-refractivity contribution in [1.82, 2.24) is 5.32 Å². The van der Waals surface area contributed by atoms with Crippen molar-refractivity contribution in [2.45, 2.75) is 6.54 Å². The molecule has 0 radical (unpaired) electrons. The number of halogens is 1. The molecule has 0 saturated carbocycles. The average molecular weight is 273 g/mol. The topological polar surface area (TPSA) is 64.3 Å². The van der Waals surface area contributed by atoms with Crippen LogP contribution >= 0.6 is 15.9 Å². The molecule has 82 valence electrons. The van der Waals surface area contributed by atoms with Gasteiger partial charge in [0, 0.05) is 6.54 Å². The maximum atomic E-state index is 10.5. The standard InChI is InChI=1S/C10H13BrN2O2/c1-13-5-7-2-3-9(8(11)4-7)15-6-10(12)14/h2-4,13H,5-6H2,1H3,(H2,12,14). The van der Waals surface area contributed by atoms with Gasteiger partial charge >= 0.3 is 0 Å². The number of hydrogen-bond donors (Lipinski definition) is 2. The molecule has 1 rings (SSSR count). The summed E-state index contributed by atoms with van der Waals surface area (Å²) in [7, 11) is 1.88. The third-order valence-corrected chi connectivity index (χ3v) is 2.37. The third-order valence-electron chi connectivity index (χ3n) is 1.75. The highest BCUT2D eigenvalue weighted by Gasteiger charge is 2.03. The summed E-state index contributed by atoms with van der Waals surface area (Å²) in [6.07, 6.45) is 0. The number of carbonyl (C=O) groups is 1. The third kappa shape index (κ3) is 3.89. The Kier molecular flexibility index (Phi) is 4.58. The van der Waals surface area contributed by atoms with Gasteiger partial charge in [-0.15, -0.1) is 0 Å². The minimum absolute atomic E-state index is 0.107. The van der Waals surface area contributed by atoms with Crippen LogP contribution in [0.25, 0.3) is 0 Å². The van der Waals surface area contributed by atoms with Crippen molar-refractivity contribution in [2.24, 2.45) is 5.73 Å². The van der Waals surface area contributed by atoms with E-state index in [0.717, 1.165) is 16.6 Å². The molecule has 0 atom stereocenters. The van der Waals surface area contributed by atoms with Gasteiger partial charge in [-0.1, -0.05) is 6.07 Å². The second kappa shape index (κ2) is 5.72. The van der Waals surface area contributed by atoms with E-state index in [9.17, 15) is 4.79 Å². The summed E-state index contributed by atoms with van der Waals surface area (Å²) < 4.78 is 6.01. The predicted molar refractivity (Wildman–Crippen MR) is 61.6 cm³/mol. The molecule has 1 aromatic carbocycles. The fourth-order valence-electron chi connectivity index (χ4n) is 1.12. The molecule has 0 bridgehead atoms. The van der Waals surface area contributed by atoms with Gasteiger partial charge in [0.05, 0.1) is 4.47 Å². The predicted octanol–water partition coefficient (Wildman–Crippen LogP) is 1.03. The Morgan fingerprint density at radius 2 is 2.33 bits per heavy atom. The molecule has 3 N–H and O–H groups in total. The quantitative estimate of drug-likeness (QED) is 0.842. The lowest BCUT2D eigenvalue weighted by Gasteiger charge is -2.07. The molecule has 1 amide bonds. The molecule has 0 heterocycles. The van der Waals surface area contributed by atoms with Crippen molar-refractivity contribution < 1.29 is 9.53 Å². The highest BCUT2D eigenvalue weighted by Crippen LogP contribution is 2.25. The van der Waals surface area contributed by atoms with Gasteiger partial charge in [0.15, 0.2) is 6.61 Å². The molecule has 0 fully saturated rings. The van der Waals surface area contributed by atoms with Gasteiger partial charge in [0.1, 0.15) is 5.75 Å². The normalized spacial score (nSPS) is 10.0. The smallest absolute Gasteiger partial charge is 0.255 e. The molecule has 4 nitrogen and oxygen atoms in total. The Bertz CT molecular complexity index is 355. The summed E-state index contributed by atoms with van der Waals surface area (Å²) in [5, 5.41) is 3.05. The van der Waals surface area contributed by atoms with Crippen LogP contribution in [-0.2, 0) is 11.3 Å². The van der Waals surface area contributed by atoms with E-state index in [0.29, 0.717) is 5.75 Å². The van der Waals surface area contributed by atoms with Gasteiger partial charge in [-0.3, -0.25) is 4.79 Å². The summed E-state index contributed by atoms with van der Waals surface area (Å²) in [6.45, 7) is 0.679. The van der Waals surface area contributed by atoms with Crippen LogP contribution in [-0.4, -0.2) is 19.6 Å². The zero-order valence-corrected chi connectivity index (χ0v) is 10.0. The fraction of sp³-hybridized carbons (Fsp3) is 0.300. The van der Waals surface area contributed by atoms with E-state index in [1.54, 1.807) is 6.07 Å². The Balaban J connectivity index is 2.70. The molecule has 0 aliphatic heterocycles. The summed E-state index contributed by atoms with van der Waals surface area (Å²) in [5.41, 5.74) is 6.11. The van der Waals surface area contributed by atoms with Crippen LogP contribution in [0.3, 0.4) is 0 Å². The minimum atomic E-state index is -0.485. The Hall–Kier alpha value is -1.07. The number of rotatable bonds is 5. The van der Waals surface area contributed by atoms with E-state index in [1.165, 1.54) is 0 Å². The van der Waals surface area contributed by atoms with E-state index >= 15 is 0 Å². The summed E-state index contributed by atoms with van der Waals surface area (Å²) >= 11 is 3.36. The molecule has 0 aromatic heterocycles. The summed E-state index contributed by atoms with van der Waals surface area (Å²) in [6, 6.07) is 5.67. The van der Waals surface area contributed by atoms with E-state index in [-0.39, 0.29) is 6.61 Å². The number of benzene rings is 1. The second-order valence-corrected chi connectivity index (χ2v) is 3.90. The SMILES string of the molecule is CNCc1ccc(OCC(N)=O)c(Br)c1. The average Bonchev–Trinajstić information content (AvgIpc) is 2.17. The zero-order valence-electron chi connectivity index (χ0n) is 8.42. The van der Waals surface area contributed by atoms with Gasteiger partial charge in [-0.05, 0) is 40.7 Å². The summed E-state index contributed by atoms with van der Waals surface area (Å²) in [5.74, 6) is 0.134. The first-order valence-electron chi connectivity index (χ1n) is 4.47. The first-order chi connectivity index (χ1) is 7.13. The number of hydrogen-bond acceptors (Lipinski definition) is 3.